The van der Waals surface area contributed by atoms with Crippen LogP contribution in [0.15, 0.2) is 48.5 Å². The highest BCUT2D eigenvalue weighted by molar-refractivity contribution is 7.99. The minimum absolute atomic E-state index is 0.0127. The van der Waals surface area contributed by atoms with Gasteiger partial charge in [0.05, 0.1) is 27.7 Å². The molecule has 0 aliphatic carbocycles. The van der Waals surface area contributed by atoms with Crippen molar-refractivity contribution in [3.8, 4) is 0 Å². The Kier molecular flexibility index (Phi) is 6.12. The van der Waals surface area contributed by atoms with Gasteiger partial charge in [0.15, 0.2) is 0 Å². The minimum atomic E-state index is -0.190. The molecule has 1 N–H and O–H groups in total. The van der Waals surface area contributed by atoms with Crippen LogP contribution in [0.2, 0.25) is 5.02 Å². The number of amides is 1. The number of aromatic nitrogens is 2. The lowest BCUT2D eigenvalue weighted by atomic mass is 10.2. The number of fused-ring (bicyclic) bond motifs is 1. The Balaban J connectivity index is 1.58. The molecular weight excluding hydrogens is 366 g/mol. The number of hydrogen-bond acceptors (Lipinski definition) is 4. The Morgan fingerprint density at radius 1 is 1.12 bits per heavy atom. The maximum Gasteiger partial charge on any atom is 0.233 e. The Labute approximate surface area is 162 Å². The van der Waals surface area contributed by atoms with Crippen LogP contribution >= 0.6 is 23.4 Å². The number of halogens is 1. The van der Waals surface area contributed by atoms with Crippen molar-refractivity contribution >= 4 is 40.3 Å². The molecule has 134 valence electrons. The molecule has 0 radical (unpaired) electrons. The Morgan fingerprint density at radius 2 is 1.77 bits per heavy atom. The van der Waals surface area contributed by atoms with Crippen molar-refractivity contribution in [1.82, 2.24) is 15.3 Å². The van der Waals surface area contributed by atoms with Crippen LogP contribution in [0, 0.1) is 6.92 Å². The summed E-state index contributed by atoms with van der Waals surface area (Å²) in [5.41, 5.74) is 4.50. The second-order valence-corrected chi connectivity index (χ2v) is 7.74. The van der Waals surface area contributed by atoms with E-state index in [1.54, 1.807) is 11.8 Å². The number of nitrogens with one attached hydrogen (secondary N) is 1. The molecule has 0 aliphatic rings. The molecule has 2 aromatic carbocycles. The van der Waals surface area contributed by atoms with Crippen molar-refractivity contribution in [3.05, 3.63) is 70.5 Å². The van der Waals surface area contributed by atoms with Gasteiger partial charge in [0.2, 0.25) is 5.91 Å². The van der Waals surface area contributed by atoms with Crippen LogP contribution in [-0.4, -0.2) is 21.1 Å². The number of carbonyl (C=O) groups is 1. The summed E-state index contributed by atoms with van der Waals surface area (Å²) < 4.78 is 0. The zero-order chi connectivity index (χ0) is 18.5. The Morgan fingerprint density at radius 3 is 2.50 bits per heavy atom. The molecule has 1 amide bonds. The normalized spacial score (nSPS) is 12.1. The summed E-state index contributed by atoms with van der Waals surface area (Å²) >= 11 is 7.67. The second-order valence-electron chi connectivity index (χ2n) is 6.01. The molecule has 4 nitrogen and oxygen atoms in total. The molecule has 1 heterocycles. The quantitative estimate of drug-likeness (QED) is 0.677. The highest BCUT2D eigenvalue weighted by atomic mass is 35.5. The summed E-state index contributed by atoms with van der Waals surface area (Å²) in [6, 6.07) is 15.3. The average molecular weight is 386 g/mol. The van der Waals surface area contributed by atoms with Gasteiger partial charge in [-0.15, -0.1) is 11.8 Å². The van der Waals surface area contributed by atoms with Crippen LogP contribution in [0.4, 0.5) is 0 Å². The second kappa shape index (κ2) is 8.52. The number of aryl methyl sites for hydroxylation is 1. The van der Waals surface area contributed by atoms with Crippen LogP contribution in [0.1, 0.15) is 23.9 Å². The molecule has 1 aromatic heterocycles. The van der Waals surface area contributed by atoms with Gasteiger partial charge in [-0.05, 0) is 37.6 Å². The molecule has 1 unspecified atom stereocenters. The first kappa shape index (κ1) is 18.7. The van der Waals surface area contributed by atoms with Crippen LogP contribution < -0.4 is 5.32 Å². The van der Waals surface area contributed by atoms with Gasteiger partial charge in [-0.3, -0.25) is 4.79 Å². The predicted octanol–water partition coefficient (Wildman–Crippen LogP) is 4.53. The zero-order valence-corrected chi connectivity index (χ0v) is 16.3. The van der Waals surface area contributed by atoms with Gasteiger partial charge >= 0.3 is 0 Å². The number of thioether (sulfide) groups is 1. The molecule has 0 saturated heterocycles. The number of benzene rings is 2. The van der Waals surface area contributed by atoms with E-state index in [-0.39, 0.29) is 11.2 Å². The fourth-order valence-corrected chi connectivity index (χ4v) is 3.63. The Bertz CT molecular complexity index is 932. The lowest BCUT2D eigenvalue weighted by molar-refractivity contribution is -0.120. The SMILES string of the molecule is Cc1nc2ccccc2nc1CSC(C)C(=O)NCc1ccccc1Cl. The third-order valence-electron chi connectivity index (χ3n) is 4.09. The minimum Gasteiger partial charge on any atom is -0.351 e. The zero-order valence-electron chi connectivity index (χ0n) is 14.7. The average Bonchev–Trinajstić information content (AvgIpc) is 2.65. The van der Waals surface area contributed by atoms with Gasteiger partial charge in [-0.25, -0.2) is 9.97 Å². The third kappa shape index (κ3) is 4.54. The van der Waals surface area contributed by atoms with Gasteiger partial charge < -0.3 is 5.32 Å². The number of nitrogens with zero attached hydrogens (tertiary/aromatic N) is 2. The van der Waals surface area contributed by atoms with E-state index in [0.29, 0.717) is 17.3 Å². The van der Waals surface area contributed by atoms with E-state index in [0.717, 1.165) is 28.0 Å². The van der Waals surface area contributed by atoms with Gasteiger partial charge in [-0.1, -0.05) is 41.9 Å². The number of para-hydroxylation sites is 2. The molecule has 0 saturated carbocycles. The van der Waals surface area contributed by atoms with Gasteiger partial charge in [0, 0.05) is 17.3 Å². The first-order valence-electron chi connectivity index (χ1n) is 8.39. The number of carbonyl (C=O) groups excluding carboxylic acids is 1. The van der Waals surface area contributed by atoms with Crippen molar-refractivity contribution in [3.63, 3.8) is 0 Å². The topological polar surface area (TPSA) is 54.9 Å². The highest BCUT2D eigenvalue weighted by Crippen LogP contribution is 2.21. The Hall–Kier alpha value is -2.11. The fourth-order valence-electron chi connectivity index (χ4n) is 2.51. The molecular formula is C20H20ClN3OS. The molecule has 0 aliphatic heterocycles. The van der Waals surface area contributed by atoms with Gasteiger partial charge in [0.25, 0.3) is 0 Å². The fraction of sp³-hybridized carbons (Fsp3) is 0.250. The van der Waals surface area contributed by atoms with Crippen molar-refractivity contribution < 1.29 is 4.79 Å². The lowest BCUT2D eigenvalue weighted by Crippen LogP contribution is -2.30. The van der Waals surface area contributed by atoms with Crippen molar-refractivity contribution in [1.29, 1.82) is 0 Å². The van der Waals surface area contributed by atoms with Crippen LogP contribution in [-0.2, 0) is 17.1 Å². The number of hydrogen-bond donors (Lipinski definition) is 1. The van der Waals surface area contributed by atoms with Crippen LogP contribution in [0.3, 0.4) is 0 Å². The first-order chi connectivity index (χ1) is 12.5. The molecule has 0 bridgehead atoms. The summed E-state index contributed by atoms with van der Waals surface area (Å²) in [4.78, 5) is 21.6. The molecule has 3 aromatic rings. The lowest BCUT2D eigenvalue weighted by Gasteiger charge is -2.13. The van der Waals surface area contributed by atoms with E-state index in [2.05, 4.69) is 15.3 Å². The largest absolute Gasteiger partial charge is 0.351 e. The van der Waals surface area contributed by atoms with Crippen molar-refractivity contribution in [2.45, 2.75) is 31.4 Å². The summed E-state index contributed by atoms with van der Waals surface area (Å²) in [5.74, 6) is 0.631. The number of rotatable bonds is 6. The maximum absolute atomic E-state index is 12.3. The summed E-state index contributed by atoms with van der Waals surface area (Å²) in [7, 11) is 0. The molecule has 1 atom stereocenters. The smallest absolute Gasteiger partial charge is 0.233 e. The molecule has 6 heteroatoms. The molecule has 3 rings (SSSR count). The van der Waals surface area contributed by atoms with Crippen molar-refractivity contribution in [2.24, 2.45) is 0 Å². The predicted molar refractivity (Wildman–Crippen MR) is 108 cm³/mol. The molecule has 0 fully saturated rings. The molecule has 0 spiro atoms. The standard InChI is InChI=1S/C20H20ClN3OS/c1-13-19(24-18-10-6-5-9-17(18)23-13)12-26-14(2)20(25)22-11-15-7-3-4-8-16(15)21/h3-10,14H,11-12H2,1-2H3,(H,22,25). The van der Waals surface area contributed by atoms with Gasteiger partial charge in [-0.2, -0.15) is 0 Å². The molecule has 26 heavy (non-hydrogen) atoms. The highest BCUT2D eigenvalue weighted by Gasteiger charge is 2.15. The first-order valence-corrected chi connectivity index (χ1v) is 9.82. The monoisotopic (exact) mass is 385 g/mol. The van der Waals surface area contributed by atoms with Crippen molar-refractivity contribution in [2.75, 3.05) is 0 Å². The van der Waals surface area contributed by atoms with Gasteiger partial charge in [0.1, 0.15) is 0 Å². The van der Waals surface area contributed by atoms with E-state index >= 15 is 0 Å². The van der Waals surface area contributed by atoms with E-state index < -0.39 is 0 Å². The maximum atomic E-state index is 12.3. The van der Waals surface area contributed by atoms with Crippen LogP contribution in [0.25, 0.3) is 11.0 Å². The van der Waals surface area contributed by atoms with E-state index in [4.69, 9.17) is 11.6 Å². The summed E-state index contributed by atoms with van der Waals surface area (Å²) in [5, 5.41) is 3.41. The van der Waals surface area contributed by atoms with E-state index in [9.17, 15) is 4.79 Å². The third-order valence-corrected chi connectivity index (χ3v) is 5.62. The van der Waals surface area contributed by atoms with E-state index in [1.165, 1.54) is 0 Å². The summed E-state index contributed by atoms with van der Waals surface area (Å²) in [6.07, 6.45) is 0. The van der Waals surface area contributed by atoms with Crippen LogP contribution in [0.5, 0.6) is 0 Å². The van der Waals surface area contributed by atoms with E-state index in [1.807, 2.05) is 62.4 Å². The summed E-state index contributed by atoms with van der Waals surface area (Å²) in [6.45, 7) is 4.28.